The van der Waals surface area contributed by atoms with Gasteiger partial charge in [0.05, 0.1) is 24.3 Å². The van der Waals surface area contributed by atoms with Gasteiger partial charge in [-0.15, -0.1) is 0 Å². The molecular weight excluding hydrogens is 320 g/mol. The van der Waals surface area contributed by atoms with Gasteiger partial charge in [-0.3, -0.25) is 9.59 Å². The second-order valence-corrected chi connectivity index (χ2v) is 7.68. The first kappa shape index (κ1) is 17.3. The van der Waals surface area contributed by atoms with E-state index in [-0.39, 0.29) is 24.0 Å². The summed E-state index contributed by atoms with van der Waals surface area (Å²) in [6, 6.07) is 6.49. The van der Waals surface area contributed by atoms with Gasteiger partial charge in [0.25, 0.3) is 0 Å². The van der Waals surface area contributed by atoms with Crippen molar-refractivity contribution >= 4 is 27.3 Å². The first-order valence-electron chi connectivity index (χ1n) is 7.23. The van der Waals surface area contributed by atoms with Crippen LogP contribution >= 0.6 is 0 Å². The van der Waals surface area contributed by atoms with Gasteiger partial charge in [0.15, 0.2) is 9.84 Å². The standard InChI is InChI=1S/C15H20N2O5S/c1-11(18)17(12-7-8-23(20,21)10-12)9-15(19)16-13-5-3-4-6-14(13)22-2/h3-6,12H,7-10H2,1-2H3,(H,16,19). The molecule has 1 N–H and O–H groups in total. The topological polar surface area (TPSA) is 92.8 Å². The minimum atomic E-state index is -3.12. The van der Waals surface area contributed by atoms with Crippen molar-refractivity contribution in [3.8, 4) is 5.75 Å². The molecule has 7 nitrogen and oxygen atoms in total. The molecule has 1 saturated heterocycles. The first-order chi connectivity index (χ1) is 10.8. The third kappa shape index (κ3) is 4.44. The Kier molecular flexibility index (Phi) is 5.25. The number of para-hydroxylation sites is 2. The van der Waals surface area contributed by atoms with Gasteiger partial charge >= 0.3 is 0 Å². The Morgan fingerprint density at radius 3 is 2.61 bits per heavy atom. The summed E-state index contributed by atoms with van der Waals surface area (Å²) in [5.41, 5.74) is 0.502. The van der Waals surface area contributed by atoms with Crippen LogP contribution in [-0.4, -0.2) is 56.3 Å². The summed E-state index contributed by atoms with van der Waals surface area (Å²) < 4.78 is 28.3. The van der Waals surface area contributed by atoms with Gasteiger partial charge in [0.1, 0.15) is 12.3 Å². The molecule has 2 amide bonds. The molecule has 1 fully saturated rings. The lowest BCUT2D eigenvalue weighted by molar-refractivity contribution is -0.134. The number of anilines is 1. The van der Waals surface area contributed by atoms with Crippen LogP contribution in [0.15, 0.2) is 24.3 Å². The fraction of sp³-hybridized carbons (Fsp3) is 0.467. The Labute approximate surface area is 135 Å². The molecule has 1 aromatic rings. The predicted octanol–water partition coefficient (Wildman–Crippen LogP) is 0.669. The normalized spacial score (nSPS) is 19.1. The number of benzene rings is 1. The zero-order valence-electron chi connectivity index (χ0n) is 13.1. The molecule has 0 radical (unpaired) electrons. The molecule has 2 rings (SSSR count). The molecule has 126 valence electrons. The first-order valence-corrected chi connectivity index (χ1v) is 9.05. The molecule has 0 saturated carbocycles. The highest BCUT2D eigenvalue weighted by atomic mass is 32.2. The zero-order chi connectivity index (χ0) is 17.0. The van der Waals surface area contributed by atoms with Gasteiger partial charge < -0.3 is 15.0 Å². The van der Waals surface area contributed by atoms with Crippen LogP contribution in [0, 0.1) is 0 Å². The summed E-state index contributed by atoms with van der Waals surface area (Å²) >= 11 is 0. The molecule has 0 bridgehead atoms. The lowest BCUT2D eigenvalue weighted by Crippen LogP contribution is -2.44. The van der Waals surface area contributed by atoms with Crippen LogP contribution in [-0.2, 0) is 19.4 Å². The lowest BCUT2D eigenvalue weighted by Gasteiger charge is -2.26. The van der Waals surface area contributed by atoms with E-state index in [1.54, 1.807) is 24.3 Å². The summed E-state index contributed by atoms with van der Waals surface area (Å²) in [6.07, 6.45) is 0.365. The highest BCUT2D eigenvalue weighted by Crippen LogP contribution is 2.23. The molecule has 8 heteroatoms. The maximum atomic E-state index is 12.2. The Bertz CT molecular complexity index is 702. The van der Waals surface area contributed by atoms with Gasteiger partial charge in [-0.2, -0.15) is 0 Å². The number of carbonyl (C=O) groups is 2. The molecule has 0 spiro atoms. The number of methoxy groups -OCH3 is 1. The SMILES string of the molecule is COc1ccccc1NC(=O)CN(C(C)=O)C1CCS(=O)(=O)C1. The molecular formula is C15H20N2O5S. The number of nitrogens with zero attached hydrogens (tertiary/aromatic N) is 1. The van der Waals surface area contributed by atoms with E-state index in [1.165, 1.54) is 18.9 Å². The van der Waals surface area contributed by atoms with Crippen molar-refractivity contribution in [3.05, 3.63) is 24.3 Å². The van der Waals surface area contributed by atoms with Crippen LogP contribution in [0.2, 0.25) is 0 Å². The minimum Gasteiger partial charge on any atom is -0.495 e. The quantitative estimate of drug-likeness (QED) is 0.850. The molecule has 1 aromatic carbocycles. The summed E-state index contributed by atoms with van der Waals surface area (Å²) in [5, 5.41) is 2.68. The number of hydrogen-bond donors (Lipinski definition) is 1. The molecule has 0 aromatic heterocycles. The van der Waals surface area contributed by atoms with Crippen LogP contribution in [0.4, 0.5) is 5.69 Å². The molecule has 1 aliphatic heterocycles. The lowest BCUT2D eigenvalue weighted by atomic mass is 10.2. The van der Waals surface area contributed by atoms with Crippen LogP contribution in [0.5, 0.6) is 5.75 Å². The third-order valence-electron chi connectivity index (χ3n) is 3.75. The highest BCUT2D eigenvalue weighted by Gasteiger charge is 2.34. The van der Waals surface area contributed by atoms with Crippen LogP contribution in [0.25, 0.3) is 0 Å². The molecule has 1 atom stereocenters. The van der Waals surface area contributed by atoms with Crippen molar-refractivity contribution < 1.29 is 22.7 Å². The minimum absolute atomic E-state index is 0.0512. The van der Waals surface area contributed by atoms with Crippen LogP contribution in [0.1, 0.15) is 13.3 Å². The number of ether oxygens (including phenoxy) is 1. The van der Waals surface area contributed by atoms with Crippen LogP contribution < -0.4 is 10.1 Å². The van der Waals surface area contributed by atoms with Crippen molar-refractivity contribution in [2.45, 2.75) is 19.4 Å². The molecule has 23 heavy (non-hydrogen) atoms. The molecule has 1 aliphatic rings. The number of carbonyl (C=O) groups excluding carboxylic acids is 2. The second-order valence-electron chi connectivity index (χ2n) is 5.45. The summed E-state index contributed by atoms with van der Waals surface area (Å²) in [4.78, 5) is 25.3. The predicted molar refractivity (Wildman–Crippen MR) is 86.1 cm³/mol. The third-order valence-corrected chi connectivity index (χ3v) is 5.50. The van der Waals surface area contributed by atoms with E-state index in [4.69, 9.17) is 4.74 Å². The number of nitrogens with one attached hydrogen (secondary N) is 1. The van der Waals surface area contributed by atoms with Crippen molar-refractivity contribution in [2.24, 2.45) is 0 Å². The van der Waals surface area contributed by atoms with Gasteiger partial charge in [-0.1, -0.05) is 12.1 Å². The van der Waals surface area contributed by atoms with Crippen LogP contribution in [0.3, 0.4) is 0 Å². The van der Waals surface area contributed by atoms with Crippen molar-refractivity contribution in [2.75, 3.05) is 30.5 Å². The monoisotopic (exact) mass is 340 g/mol. The van der Waals surface area contributed by atoms with E-state index in [0.29, 0.717) is 17.9 Å². The molecule has 0 aliphatic carbocycles. The summed E-state index contributed by atoms with van der Waals surface area (Å²) in [6.45, 7) is 1.15. The van der Waals surface area contributed by atoms with Gasteiger partial charge in [0, 0.05) is 13.0 Å². The van der Waals surface area contributed by atoms with E-state index in [1.807, 2.05) is 0 Å². The number of amides is 2. The molecule has 1 heterocycles. The van der Waals surface area contributed by atoms with E-state index >= 15 is 0 Å². The average molecular weight is 340 g/mol. The maximum absolute atomic E-state index is 12.2. The zero-order valence-corrected chi connectivity index (χ0v) is 13.9. The average Bonchev–Trinajstić information content (AvgIpc) is 2.85. The van der Waals surface area contributed by atoms with Crippen molar-refractivity contribution in [1.82, 2.24) is 4.90 Å². The van der Waals surface area contributed by atoms with E-state index in [2.05, 4.69) is 5.32 Å². The number of hydrogen-bond acceptors (Lipinski definition) is 5. The van der Waals surface area contributed by atoms with Gasteiger partial charge in [0.2, 0.25) is 11.8 Å². The van der Waals surface area contributed by atoms with E-state index < -0.39 is 21.8 Å². The summed E-state index contributed by atoms with van der Waals surface area (Å²) in [5.74, 6) is -0.237. The summed E-state index contributed by atoms with van der Waals surface area (Å²) in [7, 11) is -1.63. The van der Waals surface area contributed by atoms with E-state index in [9.17, 15) is 18.0 Å². The van der Waals surface area contributed by atoms with Gasteiger partial charge in [-0.05, 0) is 18.6 Å². The van der Waals surface area contributed by atoms with Gasteiger partial charge in [-0.25, -0.2) is 8.42 Å². The maximum Gasteiger partial charge on any atom is 0.244 e. The van der Waals surface area contributed by atoms with E-state index in [0.717, 1.165) is 0 Å². The Balaban J connectivity index is 2.06. The van der Waals surface area contributed by atoms with Crippen molar-refractivity contribution in [1.29, 1.82) is 0 Å². The molecule has 1 unspecified atom stereocenters. The second kappa shape index (κ2) is 6.99. The smallest absolute Gasteiger partial charge is 0.244 e. The Morgan fingerprint density at radius 2 is 2.04 bits per heavy atom. The van der Waals surface area contributed by atoms with Crippen molar-refractivity contribution in [3.63, 3.8) is 0 Å². The highest BCUT2D eigenvalue weighted by molar-refractivity contribution is 7.91. The largest absolute Gasteiger partial charge is 0.495 e. The number of rotatable bonds is 5. The number of sulfone groups is 1. The fourth-order valence-corrected chi connectivity index (χ4v) is 4.34. The Morgan fingerprint density at radius 1 is 1.35 bits per heavy atom. The Hall–Kier alpha value is -2.09. The fourth-order valence-electron chi connectivity index (χ4n) is 2.61.